The zero-order chi connectivity index (χ0) is 16.5. The van der Waals surface area contributed by atoms with Gasteiger partial charge in [-0.3, -0.25) is 9.69 Å². The van der Waals surface area contributed by atoms with Gasteiger partial charge in [0.15, 0.2) is 0 Å². The molecule has 1 fully saturated rings. The lowest BCUT2D eigenvalue weighted by Gasteiger charge is -2.21. The van der Waals surface area contributed by atoms with Gasteiger partial charge in [-0.15, -0.1) is 0 Å². The number of amides is 1. The third-order valence-electron chi connectivity index (χ3n) is 4.22. The van der Waals surface area contributed by atoms with Gasteiger partial charge in [0.05, 0.1) is 6.10 Å². The molecule has 4 heteroatoms. The van der Waals surface area contributed by atoms with Crippen LogP contribution >= 0.6 is 0 Å². The highest BCUT2D eigenvalue weighted by Crippen LogP contribution is 2.12. The molecule has 1 N–H and O–H groups in total. The van der Waals surface area contributed by atoms with E-state index in [0.29, 0.717) is 6.54 Å². The number of rotatable bonds is 9. The van der Waals surface area contributed by atoms with E-state index in [1.807, 2.05) is 12.1 Å². The lowest BCUT2D eigenvalue weighted by molar-refractivity contribution is 0.0858. The van der Waals surface area contributed by atoms with Crippen LogP contribution < -0.4 is 5.32 Å². The molecule has 2 rings (SSSR count). The molecule has 1 aromatic carbocycles. The Morgan fingerprint density at radius 2 is 1.91 bits per heavy atom. The van der Waals surface area contributed by atoms with E-state index in [1.165, 1.54) is 18.4 Å². The van der Waals surface area contributed by atoms with Crippen molar-refractivity contribution in [2.75, 3.05) is 26.2 Å². The van der Waals surface area contributed by atoms with Crippen LogP contribution in [-0.4, -0.2) is 43.2 Å². The summed E-state index contributed by atoms with van der Waals surface area (Å²) in [6.07, 6.45) is 4.67. The topological polar surface area (TPSA) is 41.6 Å². The van der Waals surface area contributed by atoms with Crippen molar-refractivity contribution >= 4 is 5.91 Å². The molecule has 0 spiro atoms. The first kappa shape index (κ1) is 18.0. The standard InChI is InChI=1S/C19H30N2O2/c1-3-11-21(12-4-2)15-16-7-9-17(10-8-16)19(22)20-14-18-6-5-13-23-18/h7-10,18H,3-6,11-15H2,1-2H3,(H,20,22). The maximum atomic E-state index is 12.2. The summed E-state index contributed by atoms with van der Waals surface area (Å²) >= 11 is 0. The van der Waals surface area contributed by atoms with Crippen molar-refractivity contribution in [1.29, 1.82) is 0 Å². The van der Waals surface area contributed by atoms with Crippen molar-refractivity contribution < 1.29 is 9.53 Å². The number of carbonyl (C=O) groups is 1. The molecule has 0 aromatic heterocycles. The quantitative estimate of drug-likeness (QED) is 0.760. The number of carbonyl (C=O) groups excluding carboxylic acids is 1. The summed E-state index contributed by atoms with van der Waals surface area (Å²) in [5.74, 6) is -0.00831. The van der Waals surface area contributed by atoms with E-state index in [4.69, 9.17) is 4.74 Å². The summed E-state index contributed by atoms with van der Waals surface area (Å²) in [5, 5.41) is 2.97. The van der Waals surface area contributed by atoms with Crippen LogP contribution in [0.1, 0.15) is 55.5 Å². The van der Waals surface area contributed by atoms with E-state index in [-0.39, 0.29) is 12.0 Å². The van der Waals surface area contributed by atoms with Crippen LogP contribution in [0, 0.1) is 0 Å². The predicted molar refractivity (Wildman–Crippen MR) is 93.6 cm³/mol. The first-order chi connectivity index (χ1) is 11.2. The lowest BCUT2D eigenvalue weighted by Crippen LogP contribution is -2.31. The van der Waals surface area contributed by atoms with Gasteiger partial charge in [0.25, 0.3) is 5.91 Å². The number of benzene rings is 1. The molecular formula is C19H30N2O2. The third kappa shape index (κ3) is 5.96. The minimum absolute atomic E-state index is 0.00831. The van der Waals surface area contributed by atoms with Crippen molar-refractivity contribution in [2.45, 2.75) is 52.2 Å². The maximum absolute atomic E-state index is 12.2. The van der Waals surface area contributed by atoms with Crippen LogP contribution in [0.3, 0.4) is 0 Å². The molecule has 23 heavy (non-hydrogen) atoms. The van der Waals surface area contributed by atoms with Gasteiger partial charge < -0.3 is 10.1 Å². The Morgan fingerprint density at radius 3 is 2.48 bits per heavy atom. The molecule has 0 radical (unpaired) electrons. The van der Waals surface area contributed by atoms with Gasteiger partial charge in [0, 0.05) is 25.3 Å². The van der Waals surface area contributed by atoms with Crippen molar-refractivity contribution in [3.8, 4) is 0 Å². The lowest BCUT2D eigenvalue weighted by atomic mass is 10.1. The number of nitrogens with zero attached hydrogens (tertiary/aromatic N) is 1. The molecule has 0 saturated carbocycles. The number of hydrogen-bond acceptors (Lipinski definition) is 3. The summed E-state index contributed by atoms with van der Waals surface area (Å²) in [6, 6.07) is 7.99. The van der Waals surface area contributed by atoms with Gasteiger partial charge in [-0.25, -0.2) is 0 Å². The highest BCUT2D eigenvalue weighted by atomic mass is 16.5. The van der Waals surface area contributed by atoms with E-state index in [0.717, 1.165) is 44.6 Å². The molecule has 1 aromatic rings. The van der Waals surface area contributed by atoms with Crippen molar-refractivity contribution in [1.82, 2.24) is 10.2 Å². The van der Waals surface area contributed by atoms with Gasteiger partial charge in [0.1, 0.15) is 0 Å². The summed E-state index contributed by atoms with van der Waals surface area (Å²) in [6.45, 7) is 9.06. The van der Waals surface area contributed by atoms with E-state index in [1.54, 1.807) is 0 Å². The normalized spacial score (nSPS) is 17.6. The molecule has 128 valence electrons. The monoisotopic (exact) mass is 318 g/mol. The first-order valence-corrected chi connectivity index (χ1v) is 8.94. The van der Waals surface area contributed by atoms with Crippen molar-refractivity contribution in [3.63, 3.8) is 0 Å². The molecule has 0 aliphatic carbocycles. The van der Waals surface area contributed by atoms with Gasteiger partial charge in [-0.2, -0.15) is 0 Å². The second-order valence-corrected chi connectivity index (χ2v) is 6.32. The van der Waals surface area contributed by atoms with Crippen LogP contribution in [0.2, 0.25) is 0 Å². The molecule has 1 heterocycles. The summed E-state index contributed by atoms with van der Waals surface area (Å²) in [4.78, 5) is 14.6. The largest absolute Gasteiger partial charge is 0.376 e. The molecule has 1 unspecified atom stereocenters. The van der Waals surface area contributed by atoms with Crippen LogP contribution in [0.5, 0.6) is 0 Å². The van der Waals surface area contributed by atoms with Gasteiger partial charge >= 0.3 is 0 Å². The molecule has 1 amide bonds. The minimum atomic E-state index is -0.00831. The van der Waals surface area contributed by atoms with E-state index in [2.05, 4.69) is 36.2 Å². The first-order valence-electron chi connectivity index (χ1n) is 8.94. The fourth-order valence-electron chi connectivity index (χ4n) is 3.04. The molecule has 1 aliphatic rings. The van der Waals surface area contributed by atoms with Crippen LogP contribution in [0.15, 0.2) is 24.3 Å². The molecule has 0 bridgehead atoms. The van der Waals surface area contributed by atoms with E-state index >= 15 is 0 Å². The summed E-state index contributed by atoms with van der Waals surface area (Å²) < 4.78 is 5.53. The summed E-state index contributed by atoms with van der Waals surface area (Å²) in [7, 11) is 0. The Kier molecular flexibility index (Phi) is 7.56. The average Bonchev–Trinajstić information content (AvgIpc) is 3.07. The second-order valence-electron chi connectivity index (χ2n) is 6.32. The van der Waals surface area contributed by atoms with Gasteiger partial charge in [0.2, 0.25) is 0 Å². The highest BCUT2D eigenvalue weighted by molar-refractivity contribution is 5.94. The van der Waals surface area contributed by atoms with Crippen LogP contribution in [0.4, 0.5) is 0 Å². The van der Waals surface area contributed by atoms with Crippen molar-refractivity contribution in [2.24, 2.45) is 0 Å². The maximum Gasteiger partial charge on any atom is 0.251 e. The highest BCUT2D eigenvalue weighted by Gasteiger charge is 2.16. The second kappa shape index (κ2) is 9.68. The van der Waals surface area contributed by atoms with Gasteiger partial charge in [-0.1, -0.05) is 26.0 Å². The SMILES string of the molecule is CCCN(CCC)Cc1ccc(C(=O)NCC2CCCO2)cc1. The Balaban J connectivity index is 1.83. The summed E-state index contributed by atoms with van der Waals surface area (Å²) in [5.41, 5.74) is 1.99. The Bertz CT molecular complexity index is 461. The fourth-order valence-corrected chi connectivity index (χ4v) is 3.04. The minimum Gasteiger partial charge on any atom is -0.376 e. The number of hydrogen-bond donors (Lipinski definition) is 1. The van der Waals surface area contributed by atoms with E-state index in [9.17, 15) is 4.79 Å². The van der Waals surface area contributed by atoms with Crippen LogP contribution in [-0.2, 0) is 11.3 Å². The Hall–Kier alpha value is -1.39. The molecule has 1 saturated heterocycles. The predicted octanol–water partition coefficient (Wildman–Crippen LogP) is 3.22. The molecular weight excluding hydrogens is 288 g/mol. The fraction of sp³-hybridized carbons (Fsp3) is 0.632. The zero-order valence-electron chi connectivity index (χ0n) is 14.5. The number of nitrogens with one attached hydrogen (secondary N) is 1. The van der Waals surface area contributed by atoms with Crippen LogP contribution in [0.25, 0.3) is 0 Å². The number of ether oxygens (including phenoxy) is 1. The molecule has 4 nitrogen and oxygen atoms in total. The average molecular weight is 318 g/mol. The Morgan fingerprint density at radius 1 is 1.22 bits per heavy atom. The molecule has 1 atom stereocenters. The molecule has 1 aliphatic heterocycles. The smallest absolute Gasteiger partial charge is 0.251 e. The van der Waals surface area contributed by atoms with Gasteiger partial charge in [-0.05, 0) is 56.5 Å². The Labute approximate surface area is 140 Å². The third-order valence-corrected chi connectivity index (χ3v) is 4.22. The zero-order valence-corrected chi connectivity index (χ0v) is 14.5. The van der Waals surface area contributed by atoms with E-state index < -0.39 is 0 Å². The van der Waals surface area contributed by atoms with Crippen molar-refractivity contribution in [3.05, 3.63) is 35.4 Å².